The Kier molecular flexibility index (Phi) is 3.00. The Balaban J connectivity index is 3.07. The average molecular weight is 234 g/mol. The molecule has 0 aromatic carbocycles. The Bertz CT molecular complexity index is 212. The van der Waals surface area contributed by atoms with Gasteiger partial charge in [0.25, 0.3) is 0 Å². The summed E-state index contributed by atoms with van der Waals surface area (Å²) in [6.45, 7) is 1.44. The Morgan fingerprint density at radius 3 is 1.73 bits per heavy atom. The molecule has 0 heterocycles. The molecule has 0 saturated heterocycles. The summed E-state index contributed by atoms with van der Waals surface area (Å²) in [4.78, 5) is 0. The molecule has 1 aliphatic rings. The van der Waals surface area contributed by atoms with Crippen LogP contribution in [-0.4, -0.2) is 12.4 Å². The van der Waals surface area contributed by atoms with Crippen LogP contribution in [0, 0.1) is 11.3 Å². The van der Waals surface area contributed by atoms with Gasteiger partial charge in [-0.1, -0.05) is 19.8 Å². The lowest BCUT2D eigenvalue weighted by Gasteiger charge is -2.42. The van der Waals surface area contributed by atoms with E-state index in [0.717, 1.165) is 0 Å². The van der Waals surface area contributed by atoms with Crippen molar-refractivity contribution in [1.29, 1.82) is 0 Å². The molecule has 1 aliphatic carbocycles. The van der Waals surface area contributed by atoms with E-state index in [1.165, 1.54) is 6.92 Å². The molecule has 0 N–H and O–H groups in total. The molecule has 0 radical (unpaired) electrons. The molecule has 90 valence electrons. The minimum absolute atomic E-state index is 0.0137. The second-order valence-electron chi connectivity index (χ2n) is 4.28. The van der Waals surface area contributed by atoms with Crippen molar-refractivity contribution < 1.29 is 26.3 Å². The van der Waals surface area contributed by atoms with Gasteiger partial charge < -0.3 is 0 Å². The number of hydrogen-bond acceptors (Lipinski definition) is 0. The van der Waals surface area contributed by atoms with E-state index in [-0.39, 0.29) is 6.42 Å². The van der Waals surface area contributed by atoms with Crippen LogP contribution in [-0.2, 0) is 0 Å². The van der Waals surface area contributed by atoms with Crippen LogP contribution in [0.5, 0.6) is 0 Å². The summed E-state index contributed by atoms with van der Waals surface area (Å²) in [6, 6.07) is 0. The van der Waals surface area contributed by atoms with Crippen LogP contribution < -0.4 is 0 Å². The maximum absolute atomic E-state index is 12.5. The van der Waals surface area contributed by atoms with E-state index in [4.69, 9.17) is 0 Å². The van der Waals surface area contributed by atoms with Gasteiger partial charge in [-0.2, -0.15) is 26.3 Å². The molecule has 0 aromatic rings. The van der Waals surface area contributed by atoms with Gasteiger partial charge in [0.15, 0.2) is 5.41 Å². The van der Waals surface area contributed by atoms with Crippen LogP contribution >= 0.6 is 0 Å². The van der Waals surface area contributed by atoms with Crippen molar-refractivity contribution in [3.05, 3.63) is 0 Å². The summed E-state index contributed by atoms with van der Waals surface area (Å²) < 4.78 is 75.3. The first-order valence-corrected chi connectivity index (χ1v) is 4.73. The van der Waals surface area contributed by atoms with Crippen LogP contribution in [0.2, 0.25) is 0 Å². The maximum Gasteiger partial charge on any atom is 0.403 e. The molecule has 1 fully saturated rings. The zero-order valence-corrected chi connectivity index (χ0v) is 8.17. The van der Waals surface area contributed by atoms with Crippen LogP contribution in [0.4, 0.5) is 26.3 Å². The minimum atomic E-state index is -5.19. The van der Waals surface area contributed by atoms with E-state index in [1.54, 1.807) is 0 Å². The largest absolute Gasteiger partial charge is 0.403 e. The highest BCUT2D eigenvalue weighted by Crippen LogP contribution is 2.59. The summed E-state index contributed by atoms with van der Waals surface area (Å²) in [5, 5.41) is 0. The Morgan fingerprint density at radius 2 is 1.47 bits per heavy atom. The van der Waals surface area contributed by atoms with Crippen LogP contribution in [0.3, 0.4) is 0 Å². The quantitative estimate of drug-likeness (QED) is 0.548. The van der Waals surface area contributed by atoms with Crippen molar-refractivity contribution >= 4 is 0 Å². The fourth-order valence-electron chi connectivity index (χ4n) is 2.23. The molecule has 0 aliphatic heterocycles. The fraction of sp³-hybridized carbons (Fsp3) is 1.00. The molecule has 0 spiro atoms. The molecule has 6 heteroatoms. The van der Waals surface area contributed by atoms with E-state index in [9.17, 15) is 26.3 Å². The molecular formula is C9H12F6. The summed E-state index contributed by atoms with van der Waals surface area (Å²) in [5.41, 5.74) is -3.47. The monoisotopic (exact) mass is 234 g/mol. The van der Waals surface area contributed by atoms with Gasteiger partial charge in [-0.3, -0.25) is 0 Å². The van der Waals surface area contributed by atoms with Gasteiger partial charge in [0.05, 0.1) is 0 Å². The highest BCUT2D eigenvalue weighted by atomic mass is 19.4. The maximum atomic E-state index is 12.5. The lowest BCUT2D eigenvalue weighted by molar-refractivity contribution is -0.352. The van der Waals surface area contributed by atoms with E-state index < -0.39 is 36.5 Å². The van der Waals surface area contributed by atoms with Gasteiger partial charge in [0.1, 0.15) is 0 Å². The molecule has 0 nitrogen and oxygen atoms in total. The molecule has 0 bridgehead atoms. The first kappa shape index (κ1) is 12.6. The SMILES string of the molecule is CC1CCCC(C(F)(F)F)(C(F)(F)F)C1. The fourth-order valence-corrected chi connectivity index (χ4v) is 2.23. The van der Waals surface area contributed by atoms with Crippen molar-refractivity contribution in [2.75, 3.05) is 0 Å². The van der Waals surface area contributed by atoms with E-state index in [1.807, 2.05) is 0 Å². The number of rotatable bonds is 0. The smallest absolute Gasteiger partial charge is 0.170 e. The molecule has 1 rings (SSSR count). The zero-order chi connectivity index (χ0) is 11.9. The summed E-state index contributed by atoms with van der Waals surface area (Å²) in [7, 11) is 0. The van der Waals surface area contributed by atoms with Gasteiger partial charge in [-0.25, -0.2) is 0 Å². The van der Waals surface area contributed by atoms with Crippen molar-refractivity contribution in [1.82, 2.24) is 0 Å². The third-order valence-corrected chi connectivity index (χ3v) is 3.08. The molecule has 1 atom stereocenters. The normalized spacial score (nSPS) is 27.8. The first-order valence-electron chi connectivity index (χ1n) is 4.73. The number of hydrogen-bond donors (Lipinski definition) is 0. The van der Waals surface area contributed by atoms with Crippen LogP contribution in [0.25, 0.3) is 0 Å². The predicted molar refractivity (Wildman–Crippen MR) is 42.2 cm³/mol. The highest BCUT2D eigenvalue weighted by Gasteiger charge is 2.70. The van der Waals surface area contributed by atoms with Crippen molar-refractivity contribution in [3.8, 4) is 0 Å². The molecule has 1 saturated carbocycles. The second-order valence-corrected chi connectivity index (χ2v) is 4.28. The van der Waals surface area contributed by atoms with Crippen molar-refractivity contribution in [2.24, 2.45) is 11.3 Å². The Morgan fingerprint density at radius 1 is 1.00 bits per heavy atom. The van der Waals surface area contributed by atoms with E-state index in [2.05, 4.69) is 0 Å². The van der Waals surface area contributed by atoms with Crippen LogP contribution in [0.15, 0.2) is 0 Å². The zero-order valence-electron chi connectivity index (χ0n) is 8.17. The van der Waals surface area contributed by atoms with Gasteiger partial charge in [-0.15, -0.1) is 0 Å². The lowest BCUT2D eigenvalue weighted by Crippen LogP contribution is -2.52. The number of alkyl halides is 6. The third-order valence-electron chi connectivity index (χ3n) is 3.08. The molecule has 15 heavy (non-hydrogen) atoms. The van der Waals surface area contributed by atoms with Crippen molar-refractivity contribution in [2.45, 2.75) is 45.0 Å². The minimum Gasteiger partial charge on any atom is -0.170 e. The molecule has 0 amide bonds. The molecule has 0 aromatic heterocycles. The summed E-state index contributed by atoms with van der Waals surface area (Å²) in [6.07, 6.45) is -11.6. The Hall–Kier alpha value is -0.420. The van der Waals surface area contributed by atoms with Crippen LogP contribution in [0.1, 0.15) is 32.6 Å². The molecular weight excluding hydrogens is 222 g/mol. The van der Waals surface area contributed by atoms with Gasteiger partial charge >= 0.3 is 12.4 Å². The number of halogens is 6. The predicted octanol–water partition coefficient (Wildman–Crippen LogP) is 4.31. The Labute approximate surface area is 83.6 Å². The molecule has 1 unspecified atom stereocenters. The average Bonchev–Trinajstić information content (AvgIpc) is 1.99. The third kappa shape index (κ3) is 2.08. The topological polar surface area (TPSA) is 0 Å². The lowest BCUT2D eigenvalue weighted by atomic mass is 9.69. The first-order chi connectivity index (χ1) is 6.60. The van der Waals surface area contributed by atoms with E-state index >= 15 is 0 Å². The summed E-state index contributed by atoms with van der Waals surface area (Å²) in [5.74, 6) is -0.526. The summed E-state index contributed by atoms with van der Waals surface area (Å²) >= 11 is 0. The van der Waals surface area contributed by atoms with Gasteiger partial charge in [-0.05, 0) is 18.8 Å². The standard InChI is InChI=1S/C9H12F6/c1-6-3-2-4-7(5-6,8(10,11)12)9(13,14)15/h6H,2-5H2,1H3. The van der Waals surface area contributed by atoms with Gasteiger partial charge in [0, 0.05) is 0 Å². The second kappa shape index (κ2) is 3.56. The van der Waals surface area contributed by atoms with E-state index in [0.29, 0.717) is 6.42 Å². The highest BCUT2D eigenvalue weighted by molar-refractivity contribution is 4.96. The van der Waals surface area contributed by atoms with Gasteiger partial charge in [0.2, 0.25) is 0 Å². The van der Waals surface area contributed by atoms with Crippen molar-refractivity contribution in [3.63, 3.8) is 0 Å².